The normalized spacial score (nSPS) is 11.7. The van der Waals surface area contributed by atoms with Gasteiger partial charge in [0.25, 0.3) is 5.91 Å². The maximum atomic E-state index is 14.1. The number of nitrogens with zero attached hydrogens (tertiary/aromatic N) is 1. The SMILES string of the molecule is CNC(=O)C[C@H](C)N(C)C(=O)c1cccc(-c2ccc(Cl)cc2F)c1. The standard InChI is InChI=1S/C19H20ClFN2O2/c1-12(9-18(24)22-2)23(3)19(25)14-6-4-5-13(10-14)16-8-7-15(20)11-17(16)21/h4-8,10-12H,9H2,1-3H3,(H,22,24)/t12-/m0/s1. The highest BCUT2D eigenvalue weighted by Crippen LogP contribution is 2.26. The average molecular weight is 363 g/mol. The maximum absolute atomic E-state index is 14.1. The van der Waals surface area contributed by atoms with Crippen LogP contribution in [0.5, 0.6) is 0 Å². The van der Waals surface area contributed by atoms with Crippen LogP contribution in [0.25, 0.3) is 11.1 Å². The second-order valence-electron chi connectivity index (χ2n) is 5.85. The van der Waals surface area contributed by atoms with Gasteiger partial charge in [-0.3, -0.25) is 9.59 Å². The van der Waals surface area contributed by atoms with E-state index in [0.29, 0.717) is 21.7 Å². The molecule has 2 amide bonds. The van der Waals surface area contributed by atoms with Crippen molar-refractivity contribution in [3.63, 3.8) is 0 Å². The van der Waals surface area contributed by atoms with Crippen LogP contribution in [-0.2, 0) is 4.79 Å². The number of hydrogen-bond donors (Lipinski definition) is 1. The lowest BCUT2D eigenvalue weighted by Gasteiger charge is -2.24. The molecule has 0 aliphatic carbocycles. The molecule has 0 radical (unpaired) electrons. The smallest absolute Gasteiger partial charge is 0.253 e. The Labute approximate surface area is 151 Å². The van der Waals surface area contributed by atoms with Crippen molar-refractivity contribution >= 4 is 23.4 Å². The Morgan fingerprint density at radius 1 is 1.24 bits per heavy atom. The molecule has 0 saturated carbocycles. The lowest BCUT2D eigenvalue weighted by atomic mass is 10.0. The molecule has 0 spiro atoms. The van der Waals surface area contributed by atoms with Gasteiger partial charge in [-0.15, -0.1) is 0 Å². The molecular formula is C19H20ClFN2O2. The minimum Gasteiger partial charge on any atom is -0.359 e. The highest BCUT2D eigenvalue weighted by Gasteiger charge is 2.20. The van der Waals surface area contributed by atoms with E-state index in [0.717, 1.165) is 0 Å². The summed E-state index contributed by atoms with van der Waals surface area (Å²) in [7, 11) is 3.20. The van der Waals surface area contributed by atoms with Gasteiger partial charge < -0.3 is 10.2 Å². The molecule has 25 heavy (non-hydrogen) atoms. The topological polar surface area (TPSA) is 49.4 Å². The summed E-state index contributed by atoms with van der Waals surface area (Å²) in [6, 6.07) is 10.9. The van der Waals surface area contributed by atoms with Crippen molar-refractivity contribution in [2.24, 2.45) is 0 Å². The van der Waals surface area contributed by atoms with Crippen molar-refractivity contribution in [2.75, 3.05) is 14.1 Å². The Balaban J connectivity index is 2.25. The zero-order chi connectivity index (χ0) is 18.6. The third-order valence-corrected chi connectivity index (χ3v) is 4.33. The van der Waals surface area contributed by atoms with Crippen LogP contribution in [0.4, 0.5) is 4.39 Å². The molecule has 2 aromatic carbocycles. The molecule has 0 bridgehead atoms. The first-order valence-corrected chi connectivity index (χ1v) is 8.24. The quantitative estimate of drug-likeness (QED) is 0.880. The summed E-state index contributed by atoms with van der Waals surface area (Å²) in [4.78, 5) is 25.7. The summed E-state index contributed by atoms with van der Waals surface area (Å²) < 4.78 is 14.1. The van der Waals surface area contributed by atoms with Gasteiger partial charge in [-0.1, -0.05) is 23.7 Å². The van der Waals surface area contributed by atoms with Gasteiger partial charge in [-0.25, -0.2) is 4.39 Å². The van der Waals surface area contributed by atoms with Crippen molar-refractivity contribution < 1.29 is 14.0 Å². The van der Waals surface area contributed by atoms with E-state index in [1.165, 1.54) is 11.0 Å². The van der Waals surface area contributed by atoms with Crippen molar-refractivity contribution in [2.45, 2.75) is 19.4 Å². The van der Waals surface area contributed by atoms with Crippen LogP contribution in [0.15, 0.2) is 42.5 Å². The van der Waals surface area contributed by atoms with E-state index in [9.17, 15) is 14.0 Å². The van der Waals surface area contributed by atoms with Crippen molar-refractivity contribution in [1.29, 1.82) is 0 Å². The van der Waals surface area contributed by atoms with E-state index in [1.807, 2.05) is 0 Å². The van der Waals surface area contributed by atoms with Gasteiger partial charge in [0.2, 0.25) is 5.91 Å². The van der Waals surface area contributed by atoms with Crippen LogP contribution in [0.1, 0.15) is 23.7 Å². The van der Waals surface area contributed by atoms with Crippen LogP contribution in [0.3, 0.4) is 0 Å². The third-order valence-electron chi connectivity index (χ3n) is 4.09. The van der Waals surface area contributed by atoms with Gasteiger partial charge >= 0.3 is 0 Å². The number of carbonyl (C=O) groups is 2. The van der Waals surface area contributed by atoms with E-state index in [-0.39, 0.29) is 24.3 Å². The highest BCUT2D eigenvalue weighted by molar-refractivity contribution is 6.30. The maximum Gasteiger partial charge on any atom is 0.253 e. The zero-order valence-electron chi connectivity index (χ0n) is 14.3. The Hall–Kier alpha value is -2.40. The summed E-state index contributed by atoms with van der Waals surface area (Å²) >= 11 is 5.78. The number of hydrogen-bond acceptors (Lipinski definition) is 2. The van der Waals surface area contributed by atoms with Crippen LogP contribution in [0.2, 0.25) is 5.02 Å². The van der Waals surface area contributed by atoms with Gasteiger partial charge in [0, 0.05) is 42.7 Å². The second-order valence-corrected chi connectivity index (χ2v) is 6.28. The monoisotopic (exact) mass is 362 g/mol. The Kier molecular flexibility index (Phi) is 6.15. The molecule has 0 fully saturated rings. The average Bonchev–Trinajstić information content (AvgIpc) is 2.60. The molecular weight excluding hydrogens is 343 g/mol. The molecule has 1 atom stereocenters. The fourth-order valence-corrected chi connectivity index (χ4v) is 2.61. The Morgan fingerprint density at radius 3 is 2.60 bits per heavy atom. The number of nitrogens with one attached hydrogen (secondary N) is 1. The van der Waals surface area contributed by atoms with Crippen molar-refractivity contribution in [3.8, 4) is 11.1 Å². The van der Waals surface area contributed by atoms with Gasteiger partial charge in [-0.2, -0.15) is 0 Å². The Bertz CT molecular complexity index is 795. The van der Waals surface area contributed by atoms with Crippen molar-refractivity contribution in [3.05, 3.63) is 58.9 Å². The van der Waals surface area contributed by atoms with Gasteiger partial charge in [0.05, 0.1) is 0 Å². The van der Waals surface area contributed by atoms with Gasteiger partial charge in [-0.05, 0) is 42.8 Å². The molecule has 1 N–H and O–H groups in total. The van der Waals surface area contributed by atoms with E-state index in [1.54, 1.807) is 57.4 Å². The first-order chi connectivity index (χ1) is 11.8. The van der Waals surface area contributed by atoms with Crippen LogP contribution < -0.4 is 5.32 Å². The highest BCUT2D eigenvalue weighted by atomic mass is 35.5. The van der Waals surface area contributed by atoms with Gasteiger partial charge in [0.15, 0.2) is 0 Å². The molecule has 2 aromatic rings. The summed E-state index contributed by atoms with van der Waals surface area (Å²) in [5.74, 6) is -0.810. The first-order valence-electron chi connectivity index (χ1n) is 7.86. The van der Waals surface area contributed by atoms with E-state index in [4.69, 9.17) is 11.6 Å². The molecule has 0 aliphatic rings. The fraction of sp³-hybridized carbons (Fsp3) is 0.263. The predicted octanol–water partition coefficient (Wildman–Crippen LogP) is 3.74. The van der Waals surface area contributed by atoms with Crippen LogP contribution in [-0.4, -0.2) is 36.9 Å². The summed E-state index contributed by atoms with van der Waals surface area (Å²) in [6.45, 7) is 1.80. The summed E-state index contributed by atoms with van der Waals surface area (Å²) in [5, 5.41) is 2.86. The second kappa shape index (κ2) is 8.12. The molecule has 132 valence electrons. The number of amides is 2. The molecule has 0 unspecified atom stereocenters. The predicted molar refractivity (Wildman–Crippen MR) is 97.1 cm³/mol. The largest absolute Gasteiger partial charge is 0.359 e. The van der Waals surface area contributed by atoms with Crippen LogP contribution >= 0.6 is 11.6 Å². The van der Waals surface area contributed by atoms with E-state index in [2.05, 4.69) is 5.32 Å². The fourth-order valence-electron chi connectivity index (χ4n) is 2.45. The molecule has 0 aromatic heterocycles. The summed E-state index contributed by atoms with van der Waals surface area (Å²) in [6.07, 6.45) is 0.213. The lowest BCUT2D eigenvalue weighted by molar-refractivity contribution is -0.121. The minimum atomic E-state index is -0.446. The first kappa shape index (κ1) is 18.9. The molecule has 4 nitrogen and oxygen atoms in total. The lowest BCUT2D eigenvalue weighted by Crippen LogP contribution is -2.38. The number of benzene rings is 2. The molecule has 0 saturated heterocycles. The summed E-state index contributed by atoms with van der Waals surface area (Å²) in [5.41, 5.74) is 1.39. The molecule has 6 heteroatoms. The van der Waals surface area contributed by atoms with E-state index >= 15 is 0 Å². The van der Waals surface area contributed by atoms with Crippen molar-refractivity contribution in [1.82, 2.24) is 10.2 Å². The number of rotatable bonds is 5. The number of carbonyl (C=O) groups excluding carboxylic acids is 2. The zero-order valence-corrected chi connectivity index (χ0v) is 15.1. The molecule has 2 rings (SSSR count). The molecule has 0 aliphatic heterocycles. The Morgan fingerprint density at radius 2 is 1.96 bits per heavy atom. The van der Waals surface area contributed by atoms with Crippen LogP contribution in [0, 0.1) is 5.82 Å². The number of halogens is 2. The molecule has 0 heterocycles. The minimum absolute atomic E-state index is 0.135. The van der Waals surface area contributed by atoms with E-state index < -0.39 is 5.82 Å². The van der Waals surface area contributed by atoms with Gasteiger partial charge in [0.1, 0.15) is 5.82 Å². The third kappa shape index (κ3) is 4.57.